The minimum absolute atomic E-state index is 0.0930. The molecule has 0 saturated carbocycles. The molecule has 0 radical (unpaired) electrons. The van der Waals surface area contributed by atoms with Crippen molar-refractivity contribution in [1.82, 2.24) is 20.9 Å². The number of hydrogen-bond acceptors (Lipinski definition) is 8. The number of alkyl halides is 1. The molecular formula is C30H45BrN6O7. The van der Waals surface area contributed by atoms with Crippen LogP contribution in [-0.2, 0) is 34.0 Å². The Morgan fingerprint density at radius 1 is 1.07 bits per heavy atom. The molecule has 1 aromatic rings. The van der Waals surface area contributed by atoms with Gasteiger partial charge in [0.1, 0.15) is 12.1 Å². The third-order valence-corrected chi connectivity index (χ3v) is 8.19. The van der Waals surface area contributed by atoms with Crippen LogP contribution in [0.15, 0.2) is 24.3 Å². The zero-order chi connectivity index (χ0) is 32.8. The van der Waals surface area contributed by atoms with Crippen LogP contribution in [0.3, 0.4) is 0 Å². The van der Waals surface area contributed by atoms with Crippen molar-refractivity contribution >= 4 is 57.2 Å². The number of methoxy groups -OCH3 is 1. The van der Waals surface area contributed by atoms with Crippen molar-refractivity contribution in [2.24, 2.45) is 17.6 Å². The van der Waals surface area contributed by atoms with Gasteiger partial charge in [0.2, 0.25) is 23.6 Å². The van der Waals surface area contributed by atoms with Crippen molar-refractivity contribution in [3.63, 3.8) is 0 Å². The number of anilines is 1. The molecule has 0 bridgehead atoms. The van der Waals surface area contributed by atoms with Crippen LogP contribution >= 0.6 is 15.9 Å². The molecule has 44 heavy (non-hydrogen) atoms. The Labute approximate surface area is 266 Å². The summed E-state index contributed by atoms with van der Waals surface area (Å²) in [5, 5.41) is 11.4. The first-order chi connectivity index (χ1) is 20.9. The Balaban J connectivity index is 1.97. The van der Waals surface area contributed by atoms with Crippen LogP contribution in [0, 0.1) is 11.8 Å². The molecular weight excluding hydrogens is 636 g/mol. The molecule has 14 heteroatoms. The fraction of sp³-hybridized carbons (Fsp3) is 0.600. The van der Waals surface area contributed by atoms with Gasteiger partial charge in [0.25, 0.3) is 0 Å². The molecule has 6 N–H and O–H groups in total. The highest BCUT2D eigenvalue weighted by Gasteiger charge is 2.33. The van der Waals surface area contributed by atoms with E-state index in [1.165, 1.54) is 7.11 Å². The SMILES string of the molecule is COC(=O)C1CCN(C(=O)CCC(=O)NC(=O)[C@@H](NC(=O)[C@H](CCCNC(N)=O)Nc2ccc(CBr)cc2)C(C)C)C(C)C1. The summed E-state index contributed by atoms with van der Waals surface area (Å²) >= 11 is 3.40. The Bertz CT molecular complexity index is 1160. The number of piperidine rings is 1. The average Bonchev–Trinajstić information content (AvgIpc) is 2.99. The van der Waals surface area contributed by atoms with Gasteiger partial charge in [-0.25, -0.2) is 4.79 Å². The second-order valence-corrected chi connectivity index (χ2v) is 11.8. The molecule has 6 amide bonds. The Morgan fingerprint density at radius 2 is 1.75 bits per heavy atom. The summed E-state index contributed by atoms with van der Waals surface area (Å²) in [6, 6.07) is 4.90. The van der Waals surface area contributed by atoms with E-state index < -0.39 is 35.8 Å². The third-order valence-electron chi connectivity index (χ3n) is 7.54. The number of carbonyl (C=O) groups is 6. The molecule has 244 valence electrons. The van der Waals surface area contributed by atoms with E-state index in [-0.39, 0.29) is 49.1 Å². The summed E-state index contributed by atoms with van der Waals surface area (Å²) in [5.41, 5.74) is 6.90. The number of likely N-dealkylation sites (tertiary alicyclic amines) is 1. The lowest BCUT2D eigenvalue weighted by molar-refractivity contribution is -0.150. The maximum Gasteiger partial charge on any atom is 0.312 e. The second kappa shape index (κ2) is 18.2. The number of ether oxygens (including phenoxy) is 1. The number of carbonyl (C=O) groups excluding carboxylic acids is 6. The lowest BCUT2D eigenvalue weighted by atomic mass is 9.91. The standard InChI is InChI=1S/C30H45BrN6O7/c1-18(2)26(28(41)35-24(38)11-12-25(39)37-15-13-21(16-19(37)3)29(42)44-4)36-27(40)23(6-5-14-33-30(32)43)34-22-9-7-20(17-31)8-10-22/h7-10,18-19,21,23,26,34H,5-6,11-17H2,1-4H3,(H,36,40)(H3,32,33,43)(H,35,38,41)/t19?,21?,23-,26-/m0/s1. The molecule has 4 atom stereocenters. The van der Waals surface area contributed by atoms with Gasteiger partial charge in [-0.15, -0.1) is 0 Å². The molecule has 1 heterocycles. The van der Waals surface area contributed by atoms with E-state index in [0.29, 0.717) is 43.2 Å². The topological polar surface area (TPSA) is 189 Å². The Kier molecular flexibility index (Phi) is 15.1. The van der Waals surface area contributed by atoms with Crippen LogP contribution in [0.2, 0.25) is 0 Å². The van der Waals surface area contributed by atoms with Crippen LogP contribution in [-0.4, -0.2) is 78.9 Å². The first-order valence-corrected chi connectivity index (χ1v) is 15.9. The van der Waals surface area contributed by atoms with Crippen LogP contribution in [0.5, 0.6) is 0 Å². The molecule has 0 aliphatic carbocycles. The minimum Gasteiger partial charge on any atom is -0.469 e. The zero-order valence-electron chi connectivity index (χ0n) is 25.8. The molecule has 1 aromatic carbocycles. The van der Waals surface area contributed by atoms with E-state index >= 15 is 0 Å². The highest BCUT2D eigenvalue weighted by Crippen LogP contribution is 2.24. The summed E-state index contributed by atoms with van der Waals surface area (Å²) in [7, 11) is 1.34. The number of halogens is 1. The number of primary amides is 1. The normalized spacial score (nSPS) is 17.6. The van der Waals surface area contributed by atoms with Gasteiger partial charge in [0.15, 0.2) is 0 Å². The number of amides is 6. The fourth-order valence-corrected chi connectivity index (χ4v) is 5.41. The summed E-state index contributed by atoms with van der Waals surface area (Å²) in [5.74, 6) is -2.88. The average molecular weight is 682 g/mol. The minimum atomic E-state index is -1.01. The molecule has 0 aromatic heterocycles. The van der Waals surface area contributed by atoms with Crippen molar-refractivity contribution in [2.45, 2.75) is 82.8 Å². The summed E-state index contributed by atoms with van der Waals surface area (Å²) in [6.07, 6.45) is 1.45. The van der Waals surface area contributed by atoms with Gasteiger partial charge in [0, 0.05) is 43.0 Å². The van der Waals surface area contributed by atoms with E-state index in [9.17, 15) is 28.8 Å². The lowest BCUT2D eigenvalue weighted by Crippen LogP contribution is -2.54. The van der Waals surface area contributed by atoms with Crippen LogP contribution < -0.4 is 27.0 Å². The Hall–Kier alpha value is -3.68. The largest absolute Gasteiger partial charge is 0.469 e. The number of nitrogens with one attached hydrogen (secondary N) is 4. The Morgan fingerprint density at radius 3 is 2.32 bits per heavy atom. The van der Waals surface area contributed by atoms with Gasteiger partial charge >= 0.3 is 12.0 Å². The fourth-order valence-electron chi connectivity index (χ4n) is 5.03. The molecule has 1 saturated heterocycles. The summed E-state index contributed by atoms with van der Waals surface area (Å²) in [6.45, 7) is 6.00. The van der Waals surface area contributed by atoms with E-state index in [4.69, 9.17) is 10.5 Å². The number of rotatable bonds is 15. The number of benzene rings is 1. The smallest absolute Gasteiger partial charge is 0.312 e. The maximum absolute atomic E-state index is 13.4. The van der Waals surface area contributed by atoms with Crippen molar-refractivity contribution in [2.75, 3.05) is 25.5 Å². The molecule has 1 fully saturated rings. The molecule has 1 aliphatic rings. The predicted octanol–water partition coefficient (Wildman–Crippen LogP) is 2.17. The van der Waals surface area contributed by atoms with E-state index in [1.807, 2.05) is 31.2 Å². The number of nitrogens with zero attached hydrogens (tertiary/aromatic N) is 1. The van der Waals surface area contributed by atoms with Crippen molar-refractivity contribution < 1.29 is 33.5 Å². The van der Waals surface area contributed by atoms with Gasteiger partial charge in [0.05, 0.1) is 13.0 Å². The van der Waals surface area contributed by atoms with Gasteiger partial charge in [-0.05, 0) is 56.2 Å². The van der Waals surface area contributed by atoms with Crippen LogP contribution in [0.1, 0.15) is 64.9 Å². The first-order valence-electron chi connectivity index (χ1n) is 14.8. The van der Waals surface area contributed by atoms with Crippen molar-refractivity contribution in [1.29, 1.82) is 0 Å². The van der Waals surface area contributed by atoms with Crippen LogP contribution in [0.25, 0.3) is 0 Å². The van der Waals surface area contributed by atoms with Gasteiger partial charge < -0.3 is 31.3 Å². The van der Waals surface area contributed by atoms with Gasteiger partial charge in [-0.1, -0.05) is 41.9 Å². The quantitative estimate of drug-likeness (QED) is 0.106. The number of esters is 1. The first kappa shape index (κ1) is 36.5. The van der Waals surface area contributed by atoms with Gasteiger partial charge in [-0.3, -0.25) is 29.3 Å². The predicted molar refractivity (Wildman–Crippen MR) is 168 cm³/mol. The van der Waals surface area contributed by atoms with Gasteiger partial charge in [-0.2, -0.15) is 0 Å². The summed E-state index contributed by atoms with van der Waals surface area (Å²) in [4.78, 5) is 76.4. The number of imide groups is 1. The number of hydrogen-bond donors (Lipinski definition) is 5. The maximum atomic E-state index is 13.4. The van der Waals surface area contributed by atoms with Crippen molar-refractivity contribution in [3.8, 4) is 0 Å². The number of nitrogens with two attached hydrogens (primary N) is 1. The molecule has 2 rings (SSSR count). The summed E-state index contributed by atoms with van der Waals surface area (Å²) < 4.78 is 4.81. The van der Waals surface area contributed by atoms with Crippen LogP contribution in [0.4, 0.5) is 10.5 Å². The zero-order valence-corrected chi connectivity index (χ0v) is 27.4. The molecule has 1 aliphatic heterocycles. The van der Waals surface area contributed by atoms with E-state index in [2.05, 4.69) is 37.2 Å². The van der Waals surface area contributed by atoms with E-state index in [0.717, 1.165) is 5.56 Å². The molecule has 13 nitrogen and oxygen atoms in total. The van der Waals surface area contributed by atoms with E-state index in [1.54, 1.807) is 18.7 Å². The molecule has 0 spiro atoms. The second-order valence-electron chi connectivity index (χ2n) is 11.3. The highest BCUT2D eigenvalue weighted by atomic mass is 79.9. The third kappa shape index (κ3) is 11.8. The monoisotopic (exact) mass is 680 g/mol. The molecule has 2 unspecified atom stereocenters. The number of urea groups is 1. The lowest BCUT2D eigenvalue weighted by Gasteiger charge is -2.36. The van der Waals surface area contributed by atoms with Crippen molar-refractivity contribution in [3.05, 3.63) is 29.8 Å². The highest BCUT2D eigenvalue weighted by molar-refractivity contribution is 9.08.